The average Bonchev–Trinajstić information content (AvgIpc) is 2.78. The van der Waals surface area contributed by atoms with E-state index in [1.54, 1.807) is 52.0 Å². The van der Waals surface area contributed by atoms with Crippen molar-refractivity contribution in [2.24, 2.45) is 5.92 Å². The van der Waals surface area contributed by atoms with Gasteiger partial charge in [-0.3, -0.25) is 14.4 Å². The van der Waals surface area contributed by atoms with Crippen LogP contribution in [0.4, 0.5) is 4.79 Å². The third kappa shape index (κ3) is 9.69. The van der Waals surface area contributed by atoms with Crippen LogP contribution in [-0.4, -0.2) is 60.6 Å². The molecular formula is C26H37N3O6. The third-order valence-corrected chi connectivity index (χ3v) is 4.91. The second-order valence-electron chi connectivity index (χ2n) is 9.42. The molecule has 0 fully saturated rings. The van der Waals surface area contributed by atoms with Crippen molar-refractivity contribution in [2.75, 3.05) is 20.2 Å². The van der Waals surface area contributed by atoms with Crippen LogP contribution < -0.4 is 10.6 Å². The molecule has 0 aliphatic carbocycles. The van der Waals surface area contributed by atoms with Crippen molar-refractivity contribution >= 4 is 23.9 Å². The summed E-state index contributed by atoms with van der Waals surface area (Å²) in [6.45, 7) is 10.6. The van der Waals surface area contributed by atoms with Gasteiger partial charge in [0.2, 0.25) is 11.8 Å². The Morgan fingerprint density at radius 1 is 1.11 bits per heavy atom. The van der Waals surface area contributed by atoms with Crippen LogP contribution >= 0.6 is 0 Å². The van der Waals surface area contributed by atoms with Gasteiger partial charge in [-0.25, -0.2) is 4.79 Å². The smallest absolute Gasteiger partial charge is 0.408 e. The number of benzene rings is 1. The minimum Gasteiger partial charge on any atom is -0.468 e. The van der Waals surface area contributed by atoms with Crippen LogP contribution in [0.2, 0.25) is 0 Å². The maximum Gasteiger partial charge on any atom is 0.408 e. The molecule has 0 saturated carbocycles. The fraction of sp³-hybridized carbons (Fsp3) is 0.538. The molecule has 0 heterocycles. The van der Waals surface area contributed by atoms with Crippen molar-refractivity contribution in [2.45, 2.75) is 65.6 Å². The zero-order valence-electron chi connectivity index (χ0n) is 21.6. The number of amides is 3. The Balaban J connectivity index is 3.36. The lowest BCUT2D eigenvalue weighted by molar-refractivity contribution is -0.144. The van der Waals surface area contributed by atoms with E-state index in [1.807, 2.05) is 13.8 Å². The zero-order valence-corrected chi connectivity index (χ0v) is 21.6. The van der Waals surface area contributed by atoms with E-state index < -0.39 is 41.6 Å². The predicted molar refractivity (Wildman–Crippen MR) is 132 cm³/mol. The molecule has 9 nitrogen and oxygen atoms in total. The number of carbonyl (C=O) groups is 4. The van der Waals surface area contributed by atoms with E-state index in [-0.39, 0.29) is 19.0 Å². The van der Waals surface area contributed by atoms with Crippen LogP contribution in [0, 0.1) is 18.3 Å². The molecule has 0 saturated heterocycles. The molecular weight excluding hydrogens is 450 g/mol. The highest BCUT2D eigenvalue weighted by Crippen LogP contribution is 2.24. The number of methoxy groups -OCH3 is 1. The standard InChI is InChI=1S/C26H37N3O6/c1-9-18-11-13-19(14-12-18)22(23(31)27-16-21(30)34-8)29(10-2)24(32)20(15-17(3)4)28-25(33)35-26(5,6)7/h1,11-14,17,20,22H,10,15-16H2,2-8H3,(H,27,31)(H,28,33). The van der Waals surface area contributed by atoms with Gasteiger partial charge in [0.15, 0.2) is 0 Å². The predicted octanol–water partition coefficient (Wildman–Crippen LogP) is 2.79. The van der Waals surface area contributed by atoms with E-state index in [9.17, 15) is 19.2 Å². The van der Waals surface area contributed by atoms with Crippen molar-refractivity contribution in [1.29, 1.82) is 0 Å². The Labute approximate surface area is 207 Å². The van der Waals surface area contributed by atoms with Gasteiger partial charge in [-0.2, -0.15) is 0 Å². The summed E-state index contributed by atoms with van der Waals surface area (Å²) >= 11 is 0. The Morgan fingerprint density at radius 2 is 1.71 bits per heavy atom. The highest BCUT2D eigenvalue weighted by atomic mass is 16.6. The maximum atomic E-state index is 13.7. The summed E-state index contributed by atoms with van der Waals surface area (Å²) in [6.07, 6.45) is 5.06. The summed E-state index contributed by atoms with van der Waals surface area (Å²) in [5.41, 5.74) is 0.373. The second kappa shape index (κ2) is 13.4. The molecule has 0 radical (unpaired) electrons. The molecule has 1 aromatic rings. The Kier molecular flexibility index (Phi) is 11.3. The number of rotatable bonds is 10. The Hall–Kier alpha value is -3.54. The van der Waals surface area contributed by atoms with Gasteiger partial charge >= 0.3 is 12.1 Å². The first kappa shape index (κ1) is 29.5. The number of likely N-dealkylation sites (N-methyl/N-ethyl adjacent to an activating group) is 1. The second-order valence-corrected chi connectivity index (χ2v) is 9.42. The van der Waals surface area contributed by atoms with E-state index in [1.165, 1.54) is 12.0 Å². The van der Waals surface area contributed by atoms with Crippen molar-refractivity contribution in [3.8, 4) is 12.3 Å². The summed E-state index contributed by atoms with van der Waals surface area (Å²) in [7, 11) is 1.21. The zero-order chi connectivity index (χ0) is 26.8. The van der Waals surface area contributed by atoms with Gasteiger partial charge in [0, 0.05) is 12.1 Å². The summed E-state index contributed by atoms with van der Waals surface area (Å²) in [5, 5.41) is 5.18. The molecule has 3 amide bonds. The number of nitrogens with one attached hydrogen (secondary N) is 2. The molecule has 192 valence electrons. The van der Waals surface area contributed by atoms with Crippen LogP contribution in [0.3, 0.4) is 0 Å². The summed E-state index contributed by atoms with van der Waals surface area (Å²) in [4.78, 5) is 52.3. The molecule has 0 bridgehead atoms. The average molecular weight is 488 g/mol. The number of nitrogens with zero attached hydrogens (tertiary/aromatic N) is 1. The first-order valence-corrected chi connectivity index (χ1v) is 11.5. The maximum absolute atomic E-state index is 13.7. The van der Waals surface area contributed by atoms with E-state index in [4.69, 9.17) is 11.2 Å². The molecule has 0 aromatic heterocycles. The van der Waals surface area contributed by atoms with E-state index in [2.05, 4.69) is 21.3 Å². The van der Waals surface area contributed by atoms with Crippen molar-refractivity contribution in [1.82, 2.24) is 15.5 Å². The lowest BCUT2D eigenvalue weighted by atomic mass is 9.98. The number of hydrogen-bond donors (Lipinski definition) is 2. The number of alkyl carbamates (subject to hydrolysis) is 1. The van der Waals surface area contributed by atoms with Gasteiger partial charge in [-0.15, -0.1) is 6.42 Å². The van der Waals surface area contributed by atoms with E-state index >= 15 is 0 Å². The first-order valence-electron chi connectivity index (χ1n) is 11.5. The minimum atomic E-state index is -1.07. The fourth-order valence-corrected chi connectivity index (χ4v) is 3.37. The number of esters is 1. The molecule has 0 aliphatic rings. The first-order chi connectivity index (χ1) is 16.3. The fourth-order valence-electron chi connectivity index (χ4n) is 3.37. The van der Waals surface area contributed by atoms with Gasteiger partial charge in [0.1, 0.15) is 24.2 Å². The minimum absolute atomic E-state index is 0.0686. The Bertz CT molecular complexity index is 928. The molecule has 1 aromatic carbocycles. The lowest BCUT2D eigenvalue weighted by Gasteiger charge is -2.34. The van der Waals surface area contributed by atoms with Crippen molar-refractivity contribution in [3.05, 3.63) is 35.4 Å². The van der Waals surface area contributed by atoms with Gasteiger partial charge in [0.25, 0.3) is 0 Å². The highest BCUT2D eigenvalue weighted by Gasteiger charge is 2.35. The van der Waals surface area contributed by atoms with Gasteiger partial charge in [-0.05, 0) is 57.7 Å². The van der Waals surface area contributed by atoms with Crippen LogP contribution in [0.25, 0.3) is 0 Å². The van der Waals surface area contributed by atoms with Crippen LogP contribution in [0.15, 0.2) is 24.3 Å². The summed E-state index contributed by atoms with van der Waals surface area (Å²) < 4.78 is 9.94. The van der Waals surface area contributed by atoms with E-state index in [0.717, 1.165) is 0 Å². The summed E-state index contributed by atoms with van der Waals surface area (Å²) in [5.74, 6) is 0.932. The highest BCUT2D eigenvalue weighted by molar-refractivity contribution is 5.93. The Morgan fingerprint density at radius 3 is 2.17 bits per heavy atom. The summed E-state index contributed by atoms with van der Waals surface area (Å²) in [6, 6.07) is 4.65. The number of carbonyl (C=O) groups excluding carboxylic acids is 4. The number of terminal acetylenes is 1. The van der Waals surface area contributed by atoms with Crippen LogP contribution in [0.1, 0.15) is 65.1 Å². The molecule has 2 N–H and O–H groups in total. The topological polar surface area (TPSA) is 114 Å². The molecule has 9 heteroatoms. The van der Waals surface area contributed by atoms with E-state index in [0.29, 0.717) is 17.5 Å². The normalized spacial score (nSPS) is 12.7. The molecule has 1 rings (SSSR count). The van der Waals surface area contributed by atoms with Crippen molar-refractivity contribution < 1.29 is 28.7 Å². The molecule has 2 atom stereocenters. The van der Waals surface area contributed by atoms with Gasteiger partial charge < -0.3 is 25.0 Å². The van der Waals surface area contributed by atoms with Crippen LogP contribution in [-0.2, 0) is 23.9 Å². The van der Waals surface area contributed by atoms with Crippen LogP contribution in [0.5, 0.6) is 0 Å². The molecule has 0 aliphatic heterocycles. The lowest BCUT2D eigenvalue weighted by Crippen LogP contribution is -2.53. The quantitative estimate of drug-likeness (QED) is 0.388. The van der Waals surface area contributed by atoms with Gasteiger partial charge in [0.05, 0.1) is 7.11 Å². The molecule has 35 heavy (non-hydrogen) atoms. The van der Waals surface area contributed by atoms with Crippen molar-refractivity contribution in [3.63, 3.8) is 0 Å². The number of hydrogen-bond acceptors (Lipinski definition) is 6. The monoisotopic (exact) mass is 487 g/mol. The number of ether oxygens (including phenoxy) is 2. The largest absolute Gasteiger partial charge is 0.468 e. The third-order valence-electron chi connectivity index (χ3n) is 4.91. The molecule has 2 unspecified atom stereocenters. The SMILES string of the molecule is C#Cc1ccc(C(C(=O)NCC(=O)OC)N(CC)C(=O)C(CC(C)C)NC(=O)OC(C)(C)C)cc1. The van der Waals surface area contributed by atoms with Gasteiger partial charge in [-0.1, -0.05) is 31.9 Å². The molecule has 0 spiro atoms.